The largest absolute Gasteiger partial charge is 0.421 e. The summed E-state index contributed by atoms with van der Waals surface area (Å²) < 4.78 is 5.42. The Balaban J connectivity index is 1.27. The molecular weight excluding hydrogens is 453 g/mol. The van der Waals surface area contributed by atoms with Crippen LogP contribution in [0.1, 0.15) is 18.0 Å². The molecule has 1 aromatic carbocycles. The number of imidazole rings is 1. The Hall–Kier alpha value is -3.43. The van der Waals surface area contributed by atoms with Crippen LogP contribution in [0.4, 0.5) is 10.7 Å². The first-order valence-electron chi connectivity index (χ1n) is 9.83. The highest BCUT2D eigenvalue weighted by molar-refractivity contribution is 6.32. The fourth-order valence-corrected chi connectivity index (χ4v) is 3.95. The van der Waals surface area contributed by atoms with E-state index in [1.807, 2.05) is 6.08 Å². The van der Waals surface area contributed by atoms with E-state index in [0.717, 1.165) is 16.6 Å². The molecule has 0 saturated heterocycles. The summed E-state index contributed by atoms with van der Waals surface area (Å²) >= 11 is 12.5. The Morgan fingerprint density at radius 2 is 2.12 bits per heavy atom. The average Bonchev–Trinajstić information content (AvgIpc) is 3.39. The second-order valence-electron chi connectivity index (χ2n) is 7.28. The van der Waals surface area contributed by atoms with E-state index < -0.39 is 0 Å². The molecule has 0 spiro atoms. The van der Waals surface area contributed by atoms with E-state index in [0.29, 0.717) is 58.5 Å². The number of aromatic amines is 1. The predicted octanol–water partition coefficient (Wildman–Crippen LogP) is 4.94. The van der Waals surface area contributed by atoms with Gasteiger partial charge < -0.3 is 14.3 Å². The second-order valence-corrected chi connectivity index (χ2v) is 8.13. The van der Waals surface area contributed by atoms with Crippen molar-refractivity contribution in [2.75, 3.05) is 18.4 Å². The lowest BCUT2D eigenvalue weighted by molar-refractivity contribution is 0.217. The molecule has 5 rings (SSSR count). The van der Waals surface area contributed by atoms with Crippen LogP contribution in [0.25, 0.3) is 28.1 Å². The molecule has 162 valence electrons. The molecule has 4 heterocycles. The van der Waals surface area contributed by atoms with Crippen molar-refractivity contribution in [1.29, 1.82) is 0 Å². The lowest BCUT2D eigenvalue weighted by atomic mass is 10.0. The maximum atomic E-state index is 12.7. The molecule has 2 N–H and O–H groups in total. The fraction of sp³-hybridized carbons (Fsp3) is 0.190. The van der Waals surface area contributed by atoms with E-state index in [1.165, 1.54) is 0 Å². The topological polar surface area (TPSA) is 113 Å². The van der Waals surface area contributed by atoms with Gasteiger partial charge in [0.05, 0.1) is 27.3 Å². The van der Waals surface area contributed by atoms with Gasteiger partial charge in [0.25, 0.3) is 0 Å². The number of carbonyl (C=O) groups excluding carboxylic acids is 1. The third-order valence-electron chi connectivity index (χ3n) is 5.08. The monoisotopic (exact) mass is 469 g/mol. The molecule has 4 aromatic rings. The number of aromatic nitrogens is 5. The van der Waals surface area contributed by atoms with Crippen molar-refractivity contribution in [3.05, 3.63) is 58.2 Å². The molecule has 2 amide bonds. The van der Waals surface area contributed by atoms with E-state index in [9.17, 15) is 4.79 Å². The van der Waals surface area contributed by atoms with Crippen LogP contribution in [-0.4, -0.2) is 49.2 Å². The van der Waals surface area contributed by atoms with Crippen LogP contribution in [0.2, 0.25) is 10.0 Å². The molecule has 0 bridgehead atoms. The number of carbonyl (C=O) groups is 1. The van der Waals surface area contributed by atoms with Crippen molar-refractivity contribution in [3.8, 4) is 11.5 Å². The molecule has 11 heteroatoms. The number of fused-ring (bicyclic) bond motifs is 1. The Morgan fingerprint density at radius 3 is 2.84 bits per heavy atom. The number of hydrogen-bond donors (Lipinski definition) is 2. The van der Waals surface area contributed by atoms with Crippen LogP contribution in [0.3, 0.4) is 0 Å². The maximum absolute atomic E-state index is 12.7. The van der Waals surface area contributed by atoms with Crippen LogP contribution in [0, 0.1) is 6.92 Å². The normalized spacial score (nSPS) is 14.0. The van der Waals surface area contributed by atoms with Gasteiger partial charge in [-0.3, -0.25) is 10.3 Å². The highest BCUT2D eigenvalue weighted by Crippen LogP contribution is 2.30. The van der Waals surface area contributed by atoms with Gasteiger partial charge in [-0.15, -0.1) is 10.2 Å². The average molecular weight is 470 g/mol. The van der Waals surface area contributed by atoms with E-state index in [-0.39, 0.29) is 6.03 Å². The zero-order chi connectivity index (χ0) is 22.2. The third-order valence-corrected chi connectivity index (χ3v) is 5.61. The lowest BCUT2D eigenvalue weighted by Gasteiger charge is -2.26. The number of pyridine rings is 1. The minimum absolute atomic E-state index is 0.244. The standard InChI is InChI=1S/C21H17Cl2N7O2/c1-11-28-29-19(32-11)13-8-15(23)18(24-10-13)12-4-6-30(7-5-12)21(31)27-20-25-16-3-2-14(22)9-17(16)26-20/h2-4,8-10H,5-7H2,1H3,(H2,25,26,27,31). The molecule has 0 saturated carbocycles. The minimum Gasteiger partial charge on any atom is -0.421 e. The predicted molar refractivity (Wildman–Crippen MR) is 122 cm³/mol. The molecule has 0 unspecified atom stereocenters. The molecular formula is C21H17Cl2N7O2. The SMILES string of the molecule is Cc1nnc(-c2cnc(C3=CCN(C(=O)Nc4nc5ccc(Cl)cc5[nH]4)CC3)c(Cl)c2)o1. The number of anilines is 1. The Morgan fingerprint density at radius 1 is 1.25 bits per heavy atom. The Kier molecular flexibility index (Phi) is 5.28. The van der Waals surface area contributed by atoms with Gasteiger partial charge in [-0.25, -0.2) is 9.78 Å². The van der Waals surface area contributed by atoms with Gasteiger partial charge in [-0.05, 0) is 36.3 Å². The fourth-order valence-electron chi connectivity index (χ4n) is 3.49. The van der Waals surface area contributed by atoms with Crippen LogP contribution in [-0.2, 0) is 0 Å². The third kappa shape index (κ3) is 4.04. The number of benzene rings is 1. The van der Waals surface area contributed by atoms with Gasteiger partial charge in [0.2, 0.25) is 17.7 Å². The second kappa shape index (κ2) is 8.25. The van der Waals surface area contributed by atoms with E-state index in [2.05, 4.69) is 30.5 Å². The van der Waals surface area contributed by atoms with Crippen molar-refractivity contribution >= 4 is 51.8 Å². The summed E-state index contributed by atoms with van der Waals surface area (Å²) in [4.78, 5) is 26.2. The van der Waals surface area contributed by atoms with Crippen LogP contribution < -0.4 is 5.32 Å². The summed E-state index contributed by atoms with van der Waals surface area (Å²) in [6.45, 7) is 2.67. The van der Waals surface area contributed by atoms with E-state index in [1.54, 1.807) is 42.3 Å². The van der Waals surface area contributed by atoms with Crippen molar-refractivity contribution in [2.45, 2.75) is 13.3 Å². The first-order valence-corrected chi connectivity index (χ1v) is 10.6. The number of H-pyrrole nitrogens is 1. The molecule has 3 aromatic heterocycles. The number of urea groups is 1. The highest BCUT2D eigenvalue weighted by Gasteiger charge is 2.21. The van der Waals surface area contributed by atoms with Gasteiger partial charge in [0.15, 0.2) is 0 Å². The van der Waals surface area contributed by atoms with E-state index >= 15 is 0 Å². The number of aryl methyl sites for hydroxylation is 1. The number of halogens is 2. The zero-order valence-electron chi connectivity index (χ0n) is 16.9. The number of rotatable bonds is 3. The quantitative estimate of drug-likeness (QED) is 0.439. The summed E-state index contributed by atoms with van der Waals surface area (Å²) in [6, 6.07) is 6.82. The summed E-state index contributed by atoms with van der Waals surface area (Å²) in [6.07, 6.45) is 4.23. The summed E-state index contributed by atoms with van der Waals surface area (Å²) in [5.74, 6) is 1.22. The van der Waals surface area contributed by atoms with Gasteiger partial charge in [0, 0.05) is 31.2 Å². The number of nitrogens with one attached hydrogen (secondary N) is 2. The first-order chi connectivity index (χ1) is 15.5. The maximum Gasteiger partial charge on any atom is 0.324 e. The number of hydrogen-bond acceptors (Lipinski definition) is 6. The van der Waals surface area contributed by atoms with Gasteiger partial charge in [-0.2, -0.15) is 0 Å². The van der Waals surface area contributed by atoms with Crippen LogP contribution >= 0.6 is 23.2 Å². The smallest absolute Gasteiger partial charge is 0.324 e. The summed E-state index contributed by atoms with van der Waals surface area (Å²) in [5, 5.41) is 11.7. The minimum atomic E-state index is -0.244. The van der Waals surface area contributed by atoms with Crippen molar-refractivity contribution in [3.63, 3.8) is 0 Å². The number of amides is 2. The van der Waals surface area contributed by atoms with Crippen LogP contribution in [0.15, 0.2) is 41.0 Å². The highest BCUT2D eigenvalue weighted by atomic mass is 35.5. The van der Waals surface area contributed by atoms with Gasteiger partial charge in [-0.1, -0.05) is 29.3 Å². The van der Waals surface area contributed by atoms with Crippen LogP contribution in [0.5, 0.6) is 0 Å². The molecule has 0 atom stereocenters. The van der Waals surface area contributed by atoms with Gasteiger partial charge >= 0.3 is 6.03 Å². The van der Waals surface area contributed by atoms with Crippen molar-refractivity contribution in [1.82, 2.24) is 30.0 Å². The number of nitrogens with zero attached hydrogens (tertiary/aromatic N) is 5. The Bertz CT molecular complexity index is 1360. The lowest BCUT2D eigenvalue weighted by Crippen LogP contribution is -2.38. The molecule has 1 aliphatic rings. The zero-order valence-corrected chi connectivity index (χ0v) is 18.4. The summed E-state index contributed by atoms with van der Waals surface area (Å²) in [5.41, 5.74) is 3.80. The summed E-state index contributed by atoms with van der Waals surface area (Å²) in [7, 11) is 0. The molecule has 0 aliphatic carbocycles. The molecule has 1 aliphatic heterocycles. The molecule has 9 nitrogen and oxygen atoms in total. The van der Waals surface area contributed by atoms with Crippen molar-refractivity contribution < 1.29 is 9.21 Å². The molecule has 0 radical (unpaired) electrons. The van der Waals surface area contributed by atoms with Gasteiger partial charge in [0.1, 0.15) is 0 Å². The van der Waals surface area contributed by atoms with Crippen molar-refractivity contribution in [2.24, 2.45) is 0 Å². The molecule has 32 heavy (non-hydrogen) atoms. The Labute approximate surface area is 192 Å². The first kappa shape index (κ1) is 20.5. The van der Waals surface area contributed by atoms with E-state index in [4.69, 9.17) is 27.6 Å². The molecule has 0 fully saturated rings.